The molecular formula is C19H15F3N4O2S. The Kier molecular flexibility index (Phi) is 5.81. The normalized spacial score (nSPS) is 12.2. The lowest BCUT2D eigenvalue weighted by atomic mass is 10.1. The monoisotopic (exact) mass is 420 g/mol. The van der Waals surface area contributed by atoms with Gasteiger partial charge in [-0.2, -0.15) is 5.26 Å². The van der Waals surface area contributed by atoms with Gasteiger partial charge < -0.3 is 20.6 Å². The third-order valence-corrected chi connectivity index (χ3v) is 4.91. The minimum atomic E-state index is -4.73. The summed E-state index contributed by atoms with van der Waals surface area (Å²) in [5.41, 5.74) is 8.92. The van der Waals surface area contributed by atoms with Crippen LogP contribution in [0, 0.1) is 11.3 Å². The van der Waals surface area contributed by atoms with Gasteiger partial charge in [0, 0.05) is 15.1 Å². The first-order valence-electron chi connectivity index (χ1n) is 8.17. The minimum absolute atomic E-state index is 0.0311. The summed E-state index contributed by atoms with van der Waals surface area (Å²) in [5.74, 6) is 5.51. The van der Waals surface area contributed by atoms with Crippen molar-refractivity contribution in [3.63, 3.8) is 0 Å². The fraction of sp³-hybridized carbons (Fsp3) is 0.105. The zero-order chi connectivity index (χ0) is 21.0. The van der Waals surface area contributed by atoms with Crippen LogP contribution < -0.4 is 26.5 Å². The summed E-state index contributed by atoms with van der Waals surface area (Å²) in [6.07, 6.45) is -4.73. The molecule has 0 spiro atoms. The predicted octanol–water partition coefficient (Wildman–Crippen LogP) is 3.99. The number of alkyl halides is 3. The van der Waals surface area contributed by atoms with E-state index in [4.69, 9.17) is 21.6 Å². The number of hydrazine groups is 1. The maximum Gasteiger partial charge on any atom is 0.573 e. The number of thiophene rings is 1. The zero-order valence-corrected chi connectivity index (χ0v) is 15.6. The van der Waals surface area contributed by atoms with Gasteiger partial charge in [0.1, 0.15) is 24.2 Å². The molecule has 2 aromatic carbocycles. The molecule has 29 heavy (non-hydrogen) atoms. The largest absolute Gasteiger partial charge is 0.573 e. The molecule has 6 nitrogen and oxygen atoms in total. The molecule has 0 radical (unpaired) electrons. The van der Waals surface area contributed by atoms with Crippen molar-refractivity contribution < 1.29 is 22.6 Å². The fourth-order valence-electron chi connectivity index (χ4n) is 2.57. The van der Waals surface area contributed by atoms with Gasteiger partial charge in [0.15, 0.2) is 5.70 Å². The van der Waals surface area contributed by atoms with E-state index in [9.17, 15) is 13.2 Å². The van der Waals surface area contributed by atoms with Gasteiger partial charge in [-0.1, -0.05) is 12.1 Å². The summed E-state index contributed by atoms with van der Waals surface area (Å²) in [7, 11) is 0. The van der Waals surface area contributed by atoms with Gasteiger partial charge in [-0.3, -0.25) is 0 Å². The highest BCUT2D eigenvalue weighted by atomic mass is 32.1. The molecule has 0 unspecified atom stereocenters. The summed E-state index contributed by atoms with van der Waals surface area (Å²) in [6, 6.07) is 14.6. The molecule has 1 heterocycles. The number of benzene rings is 2. The maximum absolute atomic E-state index is 12.4. The summed E-state index contributed by atoms with van der Waals surface area (Å²) in [6.45, 7) is 0.210. The summed E-state index contributed by atoms with van der Waals surface area (Å²) in [4.78, 5) is 0.819. The van der Waals surface area contributed by atoms with Crippen molar-refractivity contribution >= 4 is 27.1 Å². The molecule has 0 aliphatic carbocycles. The van der Waals surface area contributed by atoms with Crippen LogP contribution in [0.3, 0.4) is 0 Å². The van der Waals surface area contributed by atoms with Crippen molar-refractivity contribution in [1.82, 2.24) is 5.43 Å². The number of allylic oxidation sites excluding steroid dienone is 1. The van der Waals surface area contributed by atoms with Gasteiger partial charge in [0.25, 0.3) is 0 Å². The van der Waals surface area contributed by atoms with Gasteiger partial charge in [0.2, 0.25) is 0 Å². The quantitative estimate of drug-likeness (QED) is 0.316. The second-order valence-electron chi connectivity index (χ2n) is 5.82. The van der Waals surface area contributed by atoms with Crippen molar-refractivity contribution in [2.45, 2.75) is 13.0 Å². The Balaban J connectivity index is 1.75. The minimum Gasteiger partial charge on any atom is -0.488 e. The number of ether oxygens (including phenoxy) is 2. The molecule has 0 atom stereocenters. The Labute approximate surface area is 167 Å². The van der Waals surface area contributed by atoms with E-state index >= 15 is 0 Å². The van der Waals surface area contributed by atoms with Gasteiger partial charge in [0.05, 0.1) is 5.70 Å². The number of halogens is 3. The van der Waals surface area contributed by atoms with E-state index in [1.165, 1.54) is 23.5 Å². The molecule has 0 aliphatic heterocycles. The predicted molar refractivity (Wildman–Crippen MR) is 103 cm³/mol. The average Bonchev–Trinajstić information content (AvgIpc) is 3.08. The lowest BCUT2D eigenvalue weighted by molar-refractivity contribution is -0.274. The molecule has 150 valence electrons. The Morgan fingerprint density at radius 1 is 1.14 bits per heavy atom. The van der Waals surface area contributed by atoms with Gasteiger partial charge in [-0.15, -0.1) is 24.5 Å². The second-order valence-corrected chi connectivity index (χ2v) is 6.99. The number of fused-ring (bicyclic) bond motifs is 1. The standard InChI is InChI=1S/C19H15F3N4O2S/c20-19(21,22)28-14-4-5-17-12(7-14)8-15(29-17)10-27-13-3-1-2-11(6-13)18(24)16(9-23)26-25/h1-8,26H,10,24-25H2/b18-16-. The van der Waals surface area contributed by atoms with Crippen molar-refractivity contribution in [2.24, 2.45) is 11.6 Å². The second kappa shape index (κ2) is 8.30. The van der Waals surface area contributed by atoms with Crippen molar-refractivity contribution in [1.29, 1.82) is 5.26 Å². The van der Waals surface area contributed by atoms with E-state index in [1.807, 2.05) is 6.07 Å². The number of rotatable bonds is 6. The molecule has 1 aromatic heterocycles. The Morgan fingerprint density at radius 2 is 1.93 bits per heavy atom. The van der Waals surface area contributed by atoms with Crippen LogP contribution in [-0.4, -0.2) is 6.36 Å². The number of nitrogens with zero attached hydrogens (tertiary/aromatic N) is 1. The van der Waals surface area contributed by atoms with Crippen LogP contribution in [0.4, 0.5) is 13.2 Å². The van der Waals surface area contributed by atoms with Crippen molar-refractivity contribution in [3.05, 3.63) is 64.7 Å². The first kappa shape index (κ1) is 20.3. The third-order valence-electron chi connectivity index (χ3n) is 3.82. The lowest BCUT2D eigenvalue weighted by Gasteiger charge is -2.09. The van der Waals surface area contributed by atoms with E-state index in [-0.39, 0.29) is 23.8 Å². The van der Waals surface area contributed by atoms with Gasteiger partial charge in [-0.05, 0) is 41.8 Å². The number of nitrogens with two attached hydrogens (primary N) is 2. The van der Waals surface area contributed by atoms with E-state index in [0.717, 1.165) is 9.58 Å². The number of hydrogen-bond donors (Lipinski definition) is 3. The lowest BCUT2D eigenvalue weighted by Crippen LogP contribution is -2.23. The maximum atomic E-state index is 12.4. The zero-order valence-electron chi connectivity index (χ0n) is 14.8. The van der Waals surface area contributed by atoms with Crippen molar-refractivity contribution in [3.8, 4) is 17.6 Å². The molecule has 5 N–H and O–H groups in total. The first-order chi connectivity index (χ1) is 13.8. The van der Waals surface area contributed by atoms with Crippen LogP contribution >= 0.6 is 11.3 Å². The van der Waals surface area contributed by atoms with Crippen LogP contribution in [0.2, 0.25) is 0 Å². The summed E-state index contributed by atoms with van der Waals surface area (Å²) < 4.78 is 47.6. The molecular weight excluding hydrogens is 405 g/mol. The Morgan fingerprint density at radius 3 is 2.62 bits per heavy atom. The van der Waals surface area contributed by atoms with Crippen molar-refractivity contribution in [2.75, 3.05) is 0 Å². The molecule has 3 aromatic rings. The van der Waals surface area contributed by atoms with Crippen LogP contribution in [0.1, 0.15) is 10.4 Å². The van der Waals surface area contributed by atoms with Gasteiger partial charge in [-0.25, -0.2) is 5.84 Å². The molecule has 0 saturated carbocycles. The molecule has 0 fully saturated rings. The summed E-state index contributed by atoms with van der Waals surface area (Å²) >= 11 is 1.40. The van der Waals surface area contributed by atoms with E-state index in [2.05, 4.69) is 10.2 Å². The van der Waals surface area contributed by atoms with Crippen LogP contribution in [0.5, 0.6) is 11.5 Å². The third kappa shape index (κ3) is 5.10. The molecule has 0 saturated heterocycles. The molecule has 3 rings (SSSR count). The Hall–Kier alpha value is -3.42. The van der Waals surface area contributed by atoms with Crippen LogP contribution in [0.15, 0.2) is 54.2 Å². The topological polar surface area (TPSA) is 106 Å². The highest BCUT2D eigenvalue weighted by Gasteiger charge is 2.31. The molecule has 0 aliphatic rings. The molecule has 0 bridgehead atoms. The van der Waals surface area contributed by atoms with Crippen LogP contribution in [-0.2, 0) is 6.61 Å². The SMILES string of the molecule is N#C/C(NN)=C(/N)c1cccc(OCc2cc3cc(OC(F)(F)F)ccc3s2)c1. The number of hydrogen-bond acceptors (Lipinski definition) is 7. The van der Waals surface area contributed by atoms with Crippen LogP contribution in [0.25, 0.3) is 15.8 Å². The highest BCUT2D eigenvalue weighted by Crippen LogP contribution is 2.32. The van der Waals surface area contributed by atoms with E-state index in [0.29, 0.717) is 16.7 Å². The molecule has 0 amide bonds. The smallest absolute Gasteiger partial charge is 0.488 e. The number of nitrogens with one attached hydrogen (secondary N) is 1. The fourth-order valence-corrected chi connectivity index (χ4v) is 3.53. The average molecular weight is 420 g/mol. The molecule has 10 heteroatoms. The summed E-state index contributed by atoms with van der Waals surface area (Å²) in [5, 5.41) is 9.63. The first-order valence-corrected chi connectivity index (χ1v) is 8.98. The number of nitriles is 1. The van der Waals surface area contributed by atoms with E-state index < -0.39 is 6.36 Å². The highest BCUT2D eigenvalue weighted by molar-refractivity contribution is 7.19. The van der Waals surface area contributed by atoms with E-state index in [1.54, 1.807) is 36.4 Å². The Bertz CT molecular complexity index is 1100. The van der Waals surface area contributed by atoms with Gasteiger partial charge >= 0.3 is 6.36 Å².